The van der Waals surface area contributed by atoms with Crippen molar-refractivity contribution in [2.45, 2.75) is 32.3 Å². The van der Waals surface area contributed by atoms with Crippen molar-refractivity contribution >= 4 is 24.6 Å². The Bertz CT molecular complexity index is 891. The summed E-state index contributed by atoms with van der Waals surface area (Å²) in [5.74, 6) is 0.685. The number of aryl methyl sites for hydroxylation is 1. The number of nitrogens with two attached hydrogens (primary N) is 1. The number of hydrogen-bond acceptors (Lipinski definition) is 10. The van der Waals surface area contributed by atoms with Gasteiger partial charge < -0.3 is 29.7 Å². The van der Waals surface area contributed by atoms with Crippen LogP contribution in [0.2, 0.25) is 0 Å². The van der Waals surface area contributed by atoms with Crippen molar-refractivity contribution in [3.8, 4) is 0 Å². The first-order valence-electron chi connectivity index (χ1n) is 8.32. The second-order valence-corrected chi connectivity index (χ2v) is 9.03. The predicted molar refractivity (Wildman–Crippen MR) is 96.1 cm³/mol. The number of fused-ring (bicyclic) bond motifs is 1. The molecular formula is C15H24N5O6P. The third kappa shape index (κ3) is 3.46. The molecule has 3 heterocycles. The number of anilines is 1. The predicted octanol–water partition coefficient (Wildman–Crippen LogP) is 0.460. The van der Waals surface area contributed by atoms with E-state index in [4.69, 9.17) is 19.5 Å². The van der Waals surface area contributed by atoms with Gasteiger partial charge in [0.1, 0.15) is 23.7 Å². The lowest BCUT2D eigenvalue weighted by Crippen LogP contribution is -2.41. The Kier molecular flexibility index (Phi) is 5.28. The van der Waals surface area contributed by atoms with E-state index in [0.29, 0.717) is 17.0 Å². The Morgan fingerprint density at radius 1 is 1.48 bits per heavy atom. The van der Waals surface area contributed by atoms with Gasteiger partial charge in [-0.25, -0.2) is 15.0 Å². The molecule has 0 spiro atoms. The van der Waals surface area contributed by atoms with Crippen LogP contribution >= 0.6 is 7.60 Å². The van der Waals surface area contributed by atoms with Gasteiger partial charge in [0.15, 0.2) is 11.5 Å². The first-order chi connectivity index (χ1) is 12.6. The van der Waals surface area contributed by atoms with Crippen LogP contribution in [0.3, 0.4) is 0 Å². The van der Waals surface area contributed by atoms with E-state index in [9.17, 15) is 14.8 Å². The Balaban J connectivity index is 1.96. The maximum absolute atomic E-state index is 12.0. The van der Waals surface area contributed by atoms with E-state index in [-0.39, 0.29) is 19.0 Å². The summed E-state index contributed by atoms with van der Waals surface area (Å²) < 4.78 is 29.6. The topological polar surface area (TPSA) is 155 Å². The third-order valence-corrected chi connectivity index (χ3v) is 6.14. The number of nitrogen functional groups attached to an aromatic ring is 1. The standard InChI is InChI=1S/C15H24N5O6P/c1-8-18-12(16)10-13(19-8)20(7-17-10)14-15(2,6-21)11(22)9(26-14)5-25-27(4,23)24-3/h7,9,11,14,21-22H,5-6H2,1-4H3,(H2,16,18,19)/t9-,11?,14-,15+,27?/m1/s1. The van der Waals surface area contributed by atoms with Crippen LogP contribution in [0.5, 0.6) is 0 Å². The van der Waals surface area contributed by atoms with Crippen molar-refractivity contribution in [1.82, 2.24) is 19.5 Å². The second-order valence-electron chi connectivity index (χ2n) is 6.87. The highest BCUT2D eigenvalue weighted by Gasteiger charge is 2.54. The fourth-order valence-electron chi connectivity index (χ4n) is 3.14. The van der Waals surface area contributed by atoms with Crippen LogP contribution in [0, 0.1) is 12.3 Å². The second kappa shape index (κ2) is 7.08. The maximum Gasteiger partial charge on any atom is 0.327 e. The van der Waals surface area contributed by atoms with Gasteiger partial charge in [-0.05, 0) is 6.92 Å². The van der Waals surface area contributed by atoms with Crippen LogP contribution in [-0.2, 0) is 18.3 Å². The highest BCUT2D eigenvalue weighted by Crippen LogP contribution is 2.48. The van der Waals surface area contributed by atoms with Crippen LogP contribution in [0.15, 0.2) is 6.33 Å². The zero-order valence-electron chi connectivity index (χ0n) is 15.6. The molecule has 1 aliphatic heterocycles. The van der Waals surface area contributed by atoms with Crippen molar-refractivity contribution in [3.05, 3.63) is 12.2 Å². The zero-order valence-corrected chi connectivity index (χ0v) is 16.5. The highest BCUT2D eigenvalue weighted by molar-refractivity contribution is 7.52. The summed E-state index contributed by atoms with van der Waals surface area (Å²) in [7, 11) is -1.97. The summed E-state index contributed by atoms with van der Waals surface area (Å²) in [5.41, 5.74) is 5.65. The number of aliphatic hydroxyl groups excluding tert-OH is 2. The van der Waals surface area contributed by atoms with Crippen molar-refractivity contribution in [2.24, 2.45) is 5.41 Å². The minimum atomic E-state index is -3.24. The number of ether oxygens (including phenoxy) is 1. The largest absolute Gasteiger partial charge is 0.396 e. The van der Waals surface area contributed by atoms with Gasteiger partial charge in [0, 0.05) is 13.8 Å². The molecule has 12 heteroatoms. The van der Waals surface area contributed by atoms with Gasteiger partial charge in [-0.15, -0.1) is 0 Å². The zero-order chi connectivity index (χ0) is 20.0. The molecule has 1 saturated heterocycles. The Hall–Kier alpha value is -1.62. The molecule has 2 aromatic heterocycles. The lowest BCUT2D eigenvalue weighted by atomic mass is 9.83. The minimum absolute atomic E-state index is 0.169. The minimum Gasteiger partial charge on any atom is -0.396 e. The van der Waals surface area contributed by atoms with Crippen LogP contribution in [-0.4, -0.2) is 68.9 Å². The first kappa shape index (κ1) is 20.1. The number of aromatic nitrogens is 4. The molecule has 0 radical (unpaired) electrons. The van der Waals surface area contributed by atoms with Gasteiger partial charge in [-0.1, -0.05) is 6.92 Å². The van der Waals surface area contributed by atoms with Crippen LogP contribution in [0.4, 0.5) is 5.82 Å². The van der Waals surface area contributed by atoms with Gasteiger partial charge in [-0.3, -0.25) is 9.13 Å². The normalized spacial score (nSPS) is 30.7. The smallest absolute Gasteiger partial charge is 0.327 e. The molecule has 0 bridgehead atoms. The fraction of sp³-hybridized carbons (Fsp3) is 0.667. The van der Waals surface area contributed by atoms with Gasteiger partial charge in [-0.2, -0.15) is 0 Å². The molecule has 0 aliphatic carbocycles. The summed E-state index contributed by atoms with van der Waals surface area (Å²) in [6, 6.07) is 0. The number of aliphatic hydroxyl groups is 2. The monoisotopic (exact) mass is 401 g/mol. The molecular weight excluding hydrogens is 377 g/mol. The summed E-state index contributed by atoms with van der Waals surface area (Å²) in [5, 5.41) is 20.7. The summed E-state index contributed by atoms with van der Waals surface area (Å²) in [6.07, 6.45) is -1.26. The molecule has 5 atom stereocenters. The molecule has 3 rings (SSSR count). The van der Waals surface area contributed by atoms with E-state index < -0.39 is 31.4 Å². The third-order valence-electron chi connectivity index (χ3n) is 4.85. The van der Waals surface area contributed by atoms with Crippen LogP contribution in [0.1, 0.15) is 19.0 Å². The molecule has 0 saturated carbocycles. The van der Waals surface area contributed by atoms with Crippen molar-refractivity contribution < 1.29 is 28.6 Å². The lowest BCUT2D eigenvalue weighted by Gasteiger charge is -2.31. The summed E-state index contributed by atoms with van der Waals surface area (Å²) in [6.45, 7) is 4.15. The van der Waals surface area contributed by atoms with Crippen molar-refractivity contribution in [1.29, 1.82) is 0 Å². The maximum atomic E-state index is 12.0. The van der Waals surface area contributed by atoms with Gasteiger partial charge in [0.25, 0.3) is 0 Å². The summed E-state index contributed by atoms with van der Waals surface area (Å²) >= 11 is 0. The van der Waals surface area contributed by atoms with Gasteiger partial charge >= 0.3 is 7.60 Å². The molecule has 1 aliphatic rings. The van der Waals surface area contributed by atoms with E-state index in [1.807, 2.05) is 0 Å². The molecule has 27 heavy (non-hydrogen) atoms. The average Bonchev–Trinajstić information content (AvgIpc) is 3.14. The molecule has 150 valence electrons. The SMILES string of the molecule is COP(C)(=O)OC[C@H]1O[C@@H](n2cnc3c(N)nc(C)nc32)[C@@](C)(CO)C1O. The number of nitrogens with zero attached hydrogens (tertiary/aromatic N) is 4. The summed E-state index contributed by atoms with van der Waals surface area (Å²) in [4.78, 5) is 12.7. The van der Waals surface area contributed by atoms with Crippen LogP contribution < -0.4 is 5.73 Å². The Morgan fingerprint density at radius 2 is 2.19 bits per heavy atom. The molecule has 11 nitrogen and oxygen atoms in total. The molecule has 2 unspecified atom stereocenters. The molecule has 1 fully saturated rings. The molecule has 2 aromatic rings. The fourth-order valence-corrected chi connectivity index (χ4v) is 3.66. The van der Waals surface area contributed by atoms with Gasteiger partial charge in [0.2, 0.25) is 0 Å². The Labute approximate surface area is 156 Å². The molecule has 0 aromatic carbocycles. The van der Waals surface area contributed by atoms with Gasteiger partial charge in [0.05, 0.1) is 31.1 Å². The number of rotatable bonds is 6. The van der Waals surface area contributed by atoms with Crippen molar-refractivity contribution in [2.75, 3.05) is 32.7 Å². The lowest BCUT2D eigenvalue weighted by molar-refractivity contribution is -0.0579. The van der Waals surface area contributed by atoms with E-state index in [1.165, 1.54) is 20.1 Å². The number of hydrogen-bond donors (Lipinski definition) is 3. The van der Waals surface area contributed by atoms with E-state index in [0.717, 1.165) is 0 Å². The highest BCUT2D eigenvalue weighted by atomic mass is 31.2. The van der Waals surface area contributed by atoms with E-state index >= 15 is 0 Å². The van der Waals surface area contributed by atoms with E-state index in [2.05, 4.69) is 15.0 Å². The average molecular weight is 401 g/mol. The van der Waals surface area contributed by atoms with E-state index in [1.54, 1.807) is 18.4 Å². The number of imidazole rings is 1. The van der Waals surface area contributed by atoms with Crippen molar-refractivity contribution in [3.63, 3.8) is 0 Å². The van der Waals surface area contributed by atoms with Crippen LogP contribution in [0.25, 0.3) is 11.2 Å². The molecule has 0 amide bonds. The first-order valence-corrected chi connectivity index (χ1v) is 10.3. The molecule has 4 N–H and O–H groups in total. The quantitative estimate of drug-likeness (QED) is 0.581. The Morgan fingerprint density at radius 3 is 2.81 bits per heavy atom.